The van der Waals surface area contributed by atoms with E-state index in [1.807, 2.05) is 30.9 Å². The standard InChI is InChI=1S/C13H25N3O/c1-11(2)9-13(3,17)10-14-7-5-12-6-8-15-16(12)4/h6,8,11,14,17H,5,7,9-10H2,1-4H3. The predicted molar refractivity (Wildman–Crippen MR) is 69.9 cm³/mol. The van der Waals surface area contributed by atoms with Crippen LogP contribution >= 0.6 is 0 Å². The molecule has 1 heterocycles. The molecule has 0 aliphatic carbocycles. The zero-order chi connectivity index (χ0) is 12.9. The first-order valence-corrected chi connectivity index (χ1v) is 6.31. The summed E-state index contributed by atoms with van der Waals surface area (Å²) in [5.41, 5.74) is 0.599. The molecule has 2 N–H and O–H groups in total. The second-order valence-corrected chi connectivity index (χ2v) is 5.47. The van der Waals surface area contributed by atoms with Crippen LogP contribution in [0.4, 0.5) is 0 Å². The van der Waals surface area contributed by atoms with E-state index in [4.69, 9.17) is 0 Å². The second kappa shape index (κ2) is 6.17. The predicted octanol–water partition coefficient (Wildman–Crippen LogP) is 1.35. The molecule has 1 atom stereocenters. The first-order chi connectivity index (χ1) is 7.91. The second-order valence-electron chi connectivity index (χ2n) is 5.47. The lowest BCUT2D eigenvalue weighted by molar-refractivity contribution is 0.0388. The van der Waals surface area contributed by atoms with Crippen molar-refractivity contribution >= 4 is 0 Å². The van der Waals surface area contributed by atoms with Crippen LogP contribution in [-0.2, 0) is 13.5 Å². The van der Waals surface area contributed by atoms with Crippen LogP contribution in [0.2, 0.25) is 0 Å². The van der Waals surface area contributed by atoms with Crippen molar-refractivity contribution in [3.05, 3.63) is 18.0 Å². The van der Waals surface area contributed by atoms with E-state index in [1.165, 1.54) is 5.69 Å². The number of rotatable bonds is 7. The maximum absolute atomic E-state index is 10.1. The Morgan fingerprint density at radius 1 is 1.53 bits per heavy atom. The fourth-order valence-electron chi connectivity index (χ4n) is 2.17. The van der Waals surface area contributed by atoms with Crippen LogP contribution in [-0.4, -0.2) is 33.6 Å². The van der Waals surface area contributed by atoms with Gasteiger partial charge in [-0.1, -0.05) is 13.8 Å². The van der Waals surface area contributed by atoms with Crippen LogP contribution in [0.1, 0.15) is 32.9 Å². The molecule has 0 fully saturated rings. The van der Waals surface area contributed by atoms with Gasteiger partial charge in [-0.25, -0.2) is 0 Å². The molecule has 1 unspecified atom stereocenters. The van der Waals surface area contributed by atoms with Crippen LogP contribution in [0.25, 0.3) is 0 Å². The highest BCUT2D eigenvalue weighted by Gasteiger charge is 2.20. The van der Waals surface area contributed by atoms with Gasteiger partial charge >= 0.3 is 0 Å². The number of hydrogen-bond donors (Lipinski definition) is 2. The topological polar surface area (TPSA) is 50.1 Å². The van der Waals surface area contributed by atoms with Crippen molar-refractivity contribution in [3.8, 4) is 0 Å². The summed E-state index contributed by atoms with van der Waals surface area (Å²) < 4.78 is 1.88. The molecule has 0 aliphatic heterocycles. The molecule has 17 heavy (non-hydrogen) atoms. The Labute approximate surface area is 104 Å². The molecule has 0 aromatic carbocycles. The third kappa shape index (κ3) is 5.33. The third-order valence-corrected chi connectivity index (χ3v) is 2.83. The van der Waals surface area contributed by atoms with Gasteiger partial charge in [0.15, 0.2) is 0 Å². The summed E-state index contributed by atoms with van der Waals surface area (Å²) in [4.78, 5) is 0. The normalized spacial score (nSPS) is 15.2. The number of nitrogens with one attached hydrogen (secondary N) is 1. The van der Waals surface area contributed by atoms with Crippen molar-refractivity contribution in [1.82, 2.24) is 15.1 Å². The third-order valence-electron chi connectivity index (χ3n) is 2.83. The Kier molecular flexibility index (Phi) is 5.15. The number of aliphatic hydroxyl groups is 1. The van der Waals surface area contributed by atoms with Crippen molar-refractivity contribution in [2.75, 3.05) is 13.1 Å². The Morgan fingerprint density at radius 3 is 2.76 bits per heavy atom. The molecule has 0 saturated heterocycles. The van der Waals surface area contributed by atoms with Crippen LogP contribution in [0.3, 0.4) is 0 Å². The van der Waals surface area contributed by atoms with E-state index >= 15 is 0 Å². The van der Waals surface area contributed by atoms with Crippen molar-refractivity contribution < 1.29 is 5.11 Å². The maximum atomic E-state index is 10.1. The highest BCUT2D eigenvalue weighted by Crippen LogP contribution is 2.14. The molecule has 0 amide bonds. The van der Waals surface area contributed by atoms with Gasteiger partial charge in [0.2, 0.25) is 0 Å². The Balaban J connectivity index is 2.22. The van der Waals surface area contributed by atoms with Gasteiger partial charge in [0, 0.05) is 38.4 Å². The minimum atomic E-state index is -0.610. The monoisotopic (exact) mass is 239 g/mol. The number of nitrogens with zero attached hydrogens (tertiary/aromatic N) is 2. The first-order valence-electron chi connectivity index (χ1n) is 6.31. The summed E-state index contributed by atoms with van der Waals surface area (Å²) in [7, 11) is 1.95. The van der Waals surface area contributed by atoms with Gasteiger partial charge in [-0.15, -0.1) is 0 Å². The van der Waals surface area contributed by atoms with Crippen LogP contribution in [0, 0.1) is 5.92 Å². The molecule has 1 aromatic rings. The lowest BCUT2D eigenvalue weighted by Crippen LogP contribution is -2.39. The summed E-state index contributed by atoms with van der Waals surface area (Å²) in [6.07, 6.45) is 3.57. The SMILES string of the molecule is CC(C)CC(C)(O)CNCCc1ccnn1C. The number of aryl methyl sites for hydroxylation is 1. The van der Waals surface area contributed by atoms with Crippen molar-refractivity contribution in [3.63, 3.8) is 0 Å². The van der Waals surface area contributed by atoms with Gasteiger partial charge in [0.25, 0.3) is 0 Å². The van der Waals surface area contributed by atoms with Crippen molar-refractivity contribution in [2.24, 2.45) is 13.0 Å². The molecule has 0 saturated carbocycles. The quantitative estimate of drug-likeness (QED) is 0.706. The number of aromatic nitrogens is 2. The van der Waals surface area contributed by atoms with Gasteiger partial charge in [-0.2, -0.15) is 5.10 Å². The zero-order valence-electron chi connectivity index (χ0n) is 11.4. The molecule has 0 bridgehead atoms. The van der Waals surface area contributed by atoms with E-state index in [9.17, 15) is 5.11 Å². The summed E-state index contributed by atoms with van der Waals surface area (Å²) in [5.74, 6) is 0.517. The average Bonchev–Trinajstić information content (AvgIpc) is 2.57. The fraction of sp³-hybridized carbons (Fsp3) is 0.769. The fourth-order valence-corrected chi connectivity index (χ4v) is 2.17. The molecule has 0 radical (unpaired) electrons. The minimum Gasteiger partial charge on any atom is -0.389 e. The molecule has 4 heteroatoms. The highest BCUT2D eigenvalue weighted by atomic mass is 16.3. The van der Waals surface area contributed by atoms with Crippen LogP contribution in [0.15, 0.2) is 12.3 Å². The van der Waals surface area contributed by atoms with Gasteiger partial charge in [-0.3, -0.25) is 4.68 Å². The summed E-state index contributed by atoms with van der Waals surface area (Å²) in [6.45, 7) is 7.66. The van der Waals surface area contributed by atoms with E-state index in [0.717, 1.165) is 19.4 Å². The summed E-state index contributed by atoms with van der Waals surface area (Å²) in [6, 6.07) is 2.02. The Morgan fingerprint density at radius 2 is 2.24 bits per heavy atom. The van der Waals surface area contributed by atoms with E-state index < -0.39 is 5.60 Å². The molecule has 0 aliphatic rings. The number of hydrogen-bond acceptors (Lipinski definition) is 3. The smallest absolute Gasteiger partial charge is 0.0746 e. The first kappa shape index (κ1) is 14.2. The largest absolute Gasteiger partial charge is 0.389 e. The van der Waals surface area contributed by atoms with E-state index in [-0.39, 0.29) is 0 Å². The molecule has 4 nitrogen and oxygen atoms in total. The molecule has 0 spiro atoms. The maximum Gasteiger partial charge on any atom is 0.0746 e. The van der Waals surface area contributed by atoms with Gasteiger partial charge in [0.05, 0.1) is 5.60 Å². The van der Waals surface area contributed by atoms with E-state index in [1.54, 1.807) is 0 Å². The lowest BCUT2D eigenvalue weighted by Gasteiger charge is -2.25. The lowest BCUT2D eigenvalue weighted by atomic mass is 9.94. The van der Waals surface area contributed by atoms with Gasteiger partial charge < -0.3 is 10.4 Å². The molecule has 1 rings (SSSR count). The van der Waals surface area contributed by atoms with E-state index in [2.05, 4.69) is 24.3 Å². The summed E-state index contributed by atoms with van der Waals surface area (Å²) >= 11 is 0. The minimum absolute atomic E-state index is 0.517. The average molecular weight is 239 g/mol. The van der Waals surface area contributed by atoms with Crippen molar-refractivity contribution in [1.29, 1.82) is 0 Å². The zero-order valence-corrected chi connectivity index (χ0v) is 11.4. The Bertz CT molecular complexity index is 331. The van der Waals surface area contributed by atoms with Gasteiger partial charge in [-0.05, 0) is 25.3 Å². The molecule has 1 aromatic heterocycles. The van der Waals surface area contributed by atoms with Gasteiger partial charge in [0.1, 0.15) is 0 Å². The van der Waals surface area contributed by atoms with Crippen molar-refractivity contribution in [2.45, 2.75) is 39.2 Å². The summed E-state index contributed by atoms with van der Waals surface area (Å²) in [5, 5.41) is 17.5. The Hall–Kier alpha value is -0.870. The molecular weight excluding hydrogens is 214 g/mol. The van der Waals surface area contributed by atoms with Crippen LogP contribution < -0.4 is 5.32 Å². The molecule has 98 valence electrons. The highest BCUT2D eigenvalue weighted by molar-refractivity contribution is 5.00. The molecular formula is C13H25N3O. The van der Waals surface area contributed by atoms with E-state index in [0.29, 0.717) is 12.5 Å². The van der Waals surface area contributed by atoms with Crippen LogP contribution in [0.5, 0.6) is 0 Å².